The maximum Gasteiger partial charge on any atom is 0.220 e. The van der Waals surface area contributed by atoms with E-state index < -0.39 is 0 Å². The Balaban J connectivity index is 1.53. The van der Waals surface area contributed by atoms with E-state index in [1.54, 1.807) is 0 Å². The average Bonchev–Trinajstić information content (AvgIpc) is 3.05. The topological polar surface area (TPSA) is 38.5 Å². The number of fused-ring (bicyclic) bond motifs is 7. The van der Waals surface area contributed by atoms with Crippen LogP contribution in [0.25, 0.3) is 44.2 Å². The van der Waals surface area contributed by atoms with Crippen molar-refractivity contribution < 1.29 is 4.74 Å². The normalized spacial score (nSPS) is 14.3. The summed E-state index contributed by atoms with van der Waals surface area (Å²) in [5.74, 6) is 1.61. The molecule has 0 saturated heterocycles. The Bertz CT molecular complexity index is 1700. The van der Waals surface area contributed by atoms with E-state index in [9.17, 15) is 0 Å². The minimum Gasteiger partial charge on any atom is -0.438 e. The number of aliphatic imine (C=N–C) groups is 1. The van der Waals surface area contributed by atoms with Gasteiger partial charge in [-0.15, -0.1) is 0 Å². The molecule has 4 aromatic carbocycles. The Morgan fingerprint density at radius 3 is 2.50 bits per heavy atom. The van der Waals surface area contributed by atoms with Crippen molar-refractivity contribution in [3.8, 4) is 22.6 Å². The number of nitrogens with one attached hydrogen (secondary N) is 1. The van der Waals surface area contributed by atoms with E-state index in [0.29, 0.717) is 6.54 Å². The summed E-state index contributed by atoms with van der Waals surface area (Å²) in [4.78, 5) is 4.70. The molecule has 0 radical (unpaired) electrons. The van der Waals surface area contributed by atoms with Crippen LogP contribution in [0.2, 0.25) is 0 Å². The highest BCUT2D eigenvalue weighted by Gasteiger charge is 2.27. The Morgan fingerprint density at radius 1 is 0.824 bits per heavy atom. The van der Waals surface area contributed by atoms with Crippen molar-refractivity contribution in [2.24, 2.45) is 4.99 Å². The van der Waals surface area contributed by atoms with Crippen molar-refractivity contribution in [2.45, 2.75) is 13.8 Å². The second-order valence-electron chi connectivity index (χ2n) is 8.93. The molecule has 0 saturated carbocycles. The maximum atomic E-state index is 6.65. The molecule has 3 heterocycles. The van der Waals surface area contributed by atoms with Crippen LogP contribution in [-0.4, -0.2) is 17.3 Å². The molecule has 0 atom stereocenters. The average molecular weight is 442 g/mol. The summed E-state index contributed by atoms with van der Waals surface area (Å²) in [6.07, 6.45) is 1.90. The van der Waals surface area contributed by atoms with Gasteiger partial charge in [0.05, 0.1) is 12.1 Å². The maximum absolute atomic E-state index is 6.65. The van der Waals surface area contributed by atoms with Crippen LogP contribution in [0.5, 0.6) is 5.75 Å². The SMILES string of the molecule is Cc1c(C)n(-c2ccc3ccccc3c2)c2ccc3c(c12)OC1=C(N=CCN1)c1ccccc1-3. The molecule has 7 rings (SSSR count). The van der Waals surface area contributed by atoms with E-state index in [-0.39, 0.29) is 0 Å². The summed E-state index contributed by atoms with van der Waals surface area (Å²) in [5, 5.41) is 7.02. The summed E-state index contributed by atoms with van der Waals surface area (Å²) >= 11 is 0. The highest BCUT2D eigenvalue weighted by molar-refractivity contribution is 6.01. The van der Waals surface area contributed by atoms with Gasteiger partial charge in [-0.1, -0.05) is 54.6 Å². The second-order valence-corrected chi connectivity index (χ2v) is 8.93. The van der Waals surface area contributed by atoms with Crippen molar-refractivity contribution in [2.75, 3.05) is 6.54 Å². The third-order valence-electron chi connectivity index (χ3n) is 7.09. The van der Waals surface area contributed by atoms with Gasteiger partial charge in [0.2, 0.25) is 5.88 Å². The van der Waals surface area contributed by atoms with Gasteiger partial charge in [-0.3, -0.25) is 4.99 Å². The number of rotatable bonds is 1. The van der Waals surface area contributed by atoms with Gasteiger partial charge in [0.25, 0.3) is 0 Å². The molecule has 164 valence electrons. The molecule has 2 aliphatic heterocycles. The fourth-order valence-electron chi connectivity index (χ4n) is 5.34. The van der Waals surface area contributed by atoms with Gasteiger partial charge in [-0.05, 0) is 60.0 Å². The lowest BCUT2D eigenvalue weighted by molar-refractivity contribution is 0.395. The third-order valence-corrected chi connectivity index (χ3v) is 7.09. The summed E-state index contributed by atoms with van der Waals surface area (Å²) < 4.78 is 9.00. The number of ether oxygens (including phenoxy) is 1. The van der Waals surface area contributed by atoms with Gasteiger partial charge in [-0.2, -0.15) is 0 Å². The molecule has 0 aliphatic carbocycles. The van der Waals surface area contributed by atoms with Gasteiger partial charge in [0.1, 0.15) is 11.4 Å². The Morgan fingerprint density at radius 2 is 1.62 bits per heavy atom. The van der Waals surface area contributed by atoms with E-state index in [2.05, 4.69) is 103 Å². The fourth-order valence-corrected chi connectivity index (χ4v) is 5.34. The highest BCUT2D eigenvalue weighted by Crippen LogP contribution is 2.47. The first-order chi connectivity index (χ1) is 16.7. The van der Waals surface area contributed by atoms with E-state index in [4.69, 9.17) is 9.73 Å². The van der Waals surface area contributed by atoms with E-state index >= 15 is 0 Å². The number of nitrogens with zero attached hydrogens (tertiary/aromatic N) is 2. The molecule has 0 bridgehead atoms. The summed E-state index contributed by atoms with van der Waals surface area (Å²) in [7, 11) is 0. The molecule has 1 N–H and O–H groups in total. The Labute approximate surface area is 197 Å². The smallest absolute Gasteiger partial charge is 0.220 e. The van der Waals surface area contributed by atoms with E-state index in [1.165, 1.54) is 22.0 Å². The number of benzene rings is 4. The standard InChI is InChI=1S/C30H23N3O/c1-18-19(2)33(22-12-11-20-7-3-4-8-21(20)17-22)26-14-13-25-23-9-5-6-10-24(23)28-30(32-16-15-31-28)34-29(25)27(18)26/h3-15,17,32H,16H2,1-2H3. The molecule has 4 heteroatoms. The van der Waals surface area contributed by atoms with Crippen LogP contribution in [0.15, 0.2) is 89.7 Å². The highest BCUT2D eigenvalue weighted by atomic mass is 16.5. The minimum absolute atomic E-state index is 0.655. The first-order valence-electron chi connectivity index (χ1n) is 11.6. The summed E-state index contributed by atoms with van der Waals surface area (Å²) in [6, 6.07) is 28.0. The van der Waals surface area contributed by atoms with E-state index in [1.807, 2.05) is 6.21 Å². The largest absolute Gasteiger partial charge is 0.438 e. The molecule has 2 aliphatic rings. The fraction of sp³-hybridized carbons (Fsp3) is 0.100. The second kappa shape index (κ2) is 7.09. The van der Waals surface area contributed by atoms with Gasteiger partial charge in [-0.25, -0.2) is 0 Å². The predicted octanol–water partition coefficient (Wildman–Crippen LogP) is 6.76. The molecule has 0 amide bonds. The van der Waals surface area contributed by atoms with Gasteiger partial charge in [0.15, 0.2) is 0 Å². The van der Waals surface area contributed by atoms with Crippen molar-refractivity contribution in [3.63, 3.8) is 0 Å². The lowest BCUT2D eigenvalue weighted by atomic mass is 9.95. The van der Waals surface area contributed by atoms with Crippen molar-refractivity contribution in [1.82, 2.24) is 9.88 Å². The van der Waals surface area contributed by atoms with Gasteiger partial charge < -0.3 is 14.6 Å². The number of hydrogen-bond acceptors (Lipinski definition) is 3. The zero-order valence-corrected chi connectivity index (χ0v) is 19.1. The lowest BCUT2D eigenvalue weighted by Crippen LogP contribution is -2.24. The van der Waals surface area contributed by atoms with Crippen LogP contribution in [0.1, 0.15) is 16.8 Å². The minimum atomic E-state index is 0.655. The van der Waals surface area contributed by atoms with Crippen molar-refractivity contribution in [3.05, 3.63) is 102 Å². The van der Waals surface area contributed by atoms with Crippen molar-refractivity contribution >= 4 is 33.6 Å². The van der Waals surface area contributed by atoms with E-state index in [0.717, 1.165) is 50.6 Å². The molecular formula is C30H23N3O. The Hall–Kier alpha value is -4.31. The number of hydrogen-bond donors (Lipinski definition) is 1. The molecule has 0 unspecified atom stereocenters. The quantitative estimate of drug-likeness (QED) is 0.312. The number of aryl methyl sites for hydroxylation is 1. The monoisotopic (exact) mass is 441 g/mol. The first-order valence-corrected chi connectivity index (χ1v) is 11.6. The van der Waals surface area contributed by atoms with Crippen LogP contribution in [0.4, 0.5) is 0 Å². The molecule has 0 fully saturated rings. The predicted molar refractivity (Wildman–Crippen MR) is 140 cm³/mol. The molecule has 5 aromatic rings. The summed E-state index contributed by atoms with van der Waals surface area (Å²) in [6.45, 7) is 5.04. The van der Waals surface area contributed by atoms with Crippen LogP contribution in [-0.2, 0) is 0 Å². The number of aromatic nitrogens is 1. The Kier molecular flexibility index (Phi) is 4.00. The molecule has 4 nitrogen and oxygen atoms in total. The molecule has 34 heavy (non-hydrogen) atoms. The molecule has 0 spiro atoms. The van der Waals surface area contributed by atoms with Crippen LogP contribution < -0.4 is 10.1 Å². The zero-order valence-electron chi connectivity index (χ0n) is 19.1. The van der Waals surface area contributed by atoms with Crippen molar-refractivity contribution in [1.29, 1.82) is 0 Å². The third kappa shape index (κ3) is 2.62. The molecular weight excluding hydrogens is 418 g/mol. The van der Waals surface area contributed by atoms with Crippen LogP contribution in [0, 0.1) is 13.8 Å². The molecule has 1 aromatic heterocycles. The summed E-state index contributed by atoms with van der Waals surface area (Å²) in [5.41, 5.74) is 8.91. The first kappa shape index (κ1) is 19.2. The zero-order chi connectivity index (χ0) is 22.8. The van der Waals surface area contributed by atoms with Gasteiger partial charge in [0, 0.05) is 34.1 Å². The lowest BCUT2D eigenvalue weighted by Gasteiger charge is -2.17. The van der Waals surface area contributed by atoms with Crippen LogP contribution >= 0.6 is 0 Å². The van der Waals surface area contributed by atoms with Gasteiger partial charge >= 0.3 is 0 Å². The van der Waals surface area contributed by atoms with Crippen LogP contribution in [0.3, 0.4) is 0 Å².